The van der Waals surface area contributed by atoms with Gasteiger partial charge in [0.15, 0.2) is 0 Å². The maximum Gasteiger partial charge on any atom is 0.222 e. The molecule has 0 unspecified atom stereocenters. The van der Waals surface area contributed by atoms with Gasteiger partial charge in [0.25, 0.3) is 0 Å². The summed E-state index contributed by atoms with van der Waals surface area (Å²) in [6.45, 7) is 4.30. The number of carbonyl (C=O) groups is 1. The Morgan fingerprint density at radius 2 is 2.10 bits per heavy atom. The Balaban J connectivity index is 2.61. The SMILES string of the molecule is CC(C)C(=O)NCCN(Cc1ccccn1)S(C)(=O)=O. The number of amides is 1. The lowest BCUT2D eigenvalue weighted by atomic mass is 10.2. The largest absolute Gasteiger partial charge is 0.355 e. The highest BCUT2D eigenvalue weighted by Gasteiger charge is 2.17. The van der Waals surface area contributed by atoms with Gasteiger partial charge in [-0.3, -0.25) is 9.78 Å². The molecule has 0 spiro atoms. The van der Waals surface area contributed by atoms with Crippen LogP contribution in [0.4, 0.5) is 0 Å². The molecule has 0 radical (unpaired) electrons. The van der Waals surface area contributed by atoms with E-state index in [2.05, 4.69) is 10.3 Å². The van der Waals surface area contributed by atoms with Crippen LogP contribution in [0.3, 0.4) is 0 Å². The number of nitrogens with one attached hydrogen (secondary N) is 1. The molecule has 112 valence electrons. The third kappa shape index (κ3) is 5.66. The van der Waals surface area contributed by atoms with E-state index in [-0.39, 0.29) is 31.5 Å². The van der Waals surface area contributed by atoms with E-state index >= 15 is 0 Å². The Morgan fingerprint density at radius 3 is 2.60 bits per heavy atom. The van der Waals surface area contributed by atoms with Gasteiger partial charge in [0.2, 0.25) is 15.9 Å². The molecule has 1 aromatic rings. The molecule has 0 aliphatic rings. The molecule has 0 saturated heterocycles. The molecule has 0 bridgehead atoms. The van der Waals surface area contributed by atoms with Crippen molar-refractivity contribution < 1.29 is 13.2 Å². The number of pyridine rings is 1. The zero-order valence-corrected chi connectivity index (χ0v) is 12.9. The molecule has 1 aromatic heterocycles. The lowest BCUT2D eigenvalue weighted by Crippen LogP contribution is -2.39. The molecular weight excluding hydrogens is 278 g/mol. The Morgan fingerprint density at radius 1 is 1.40 bits per heavy atom. The molecule has 1 rings (SSSR count). The van der Waals surface area contributed by atoms with E-state index in [1.54, 1.807) is 32.2 Å². The van der Waals surface area contributed by atoms with Gasteiger partial charge < -0.3 is 5.32 Å². The molecule has 0 aromatic carbocycles. The quantitative estimate of drug-likeness (QED) is 0.800. The van der Waals surface area contributed by atoms with Crippen LogP contribution in [0, 0.1) is 5.92 Å². The monoisotopic (exact) mass is 299 g/mol. The average Bonchev–Trinajstić information content (AvgIpc) is 2.37. The fraction of sp³-hybridized carbons (Fsp3) is 0.538. The summed E-state index contributed by atoms with van der Waals surface area (Å²) in [7, 11) is -3.34. The van der Waals surface area contributed by atoms with Crippen molar-refractivity contribution in [3.63, 3.8) is 0 Å². The molecule has 0 aliphatic heterocycles. The van der Waals surface area contributed by atoms with Crippen LogP contribution in [-0.2, 0) is 21.4 Å². The molecule has 1 heterocycles. The highest BCUT2D eigenvalue weighted by molar-refractivity contribution is 7.88. The maximum absolute atomic E-state index is 11.7. The van der Waals surface area contributed by atoms with E-state index in [4.69, 9.17) is 0 Å². The topological polar surface area (TPSA) is 79.4 Å². The van der Waals surface area contributed by atoms with Crippen LogP contribution in [0.15, 0.2) is 24.4 Å². The molecular formula is C13H21N3O3S. The van der Waals surface area contributed by atoms with Crippen molar-refractivity contribution in [3.05, 3.63) is 30.1 Å². The lowest BCUT2D eigenvalue weighted by molar-refractivity contribution is -0.123. The summed E-state index contributed by atoms with van der Waals surface area (Å²) in [6.07, 6.45) is 2.77. The van der Waals surface area contributed by atoms with Crippen LogP contribution in [0.5, 0.6) is 0 Å². The molecule has 0 atom stereocenters. The maximum atomic E-state index is 11.7. The van der Waals surface area contributed by atoms with Crippen molar-refractivity contribution >= 4 is 15.9 Å². The minimum Gasteiger partial charge on any atom is -0.355 e. The molecule has 6 nitrogen and oxygen atoms in total. The van der Waals surface area contributed by atoms with Gasteiger partial charge in [0, 0.05) is 25.2 Å². The van der Waals surface area contributed by atoms with E-state index in [0.29, 0.717) is 5.69 Å². The number of aromatic nitrogens is 1. The fourth-order valence-corrected chi connectivity index (χ4v) is 2.33. The Hall–Kier alpha value is -1.47. The first kappa shape index (κ1) is 16.6. The number of carbonyl (C=O) groups excluding carboxylic acids is 1. The number of sulfonamides is 1. The summed E-state index contributed by atoms with van der Waals surface area (Å²) in [4.78, 5) is 15.6. The standard InChI is InChI=1S/C13H21N3O3S/c1-11(2)13(17)15-8-9-16(20(3,18)19)10-12-6-4-5-7-14-12/h4-7,11H,8-10H2,1-3H3,(H,15,17). The van der Waals surface area contributed by atoms with E-state index < -0.39 is 10.0 Å². The van der Waals surface area contributed by atoms with Crippen molar-refractivity contribution in [1.29, 1.82) is 0 Å². The summed E-state index contributed by atoms with van der Waals surface area (Å²) in [5, 5.41) is 2.70. The van der Waals surface area contributed by atoms with E-state index in [9.17, 15) is 13.2 Å². The van der Waals surface area contributed by atoms with Gasteiger partial charge in [-0.05, 0) is 12.1 Å². The Bertz CT molecular complexity index is 529. The Labute approximate surface area is 120 Å². The van der Waals surface area contributed by atoms with Crippen molar-refractivity contribution in [2.45, 2.75) is 20.4 Å². The third-order valence-electron chi connectivity index (χ3n) is 2.72. The van der Waals surface area contributed by atoms with E-state index in [0.717, 1.165) is 6.26 Å². The van der Waals surface area contributed by atoms with Gasteiger partial charge in [0.1, 0.15) is 0 Å². The highest BCUT2D eigenvalue weighted by Crippen LogP contribution is 2.05. The van der Waals surface area contributed by atoms with Gasteiger partial charge >= 0.3 is 0 Å². The van der Waals surface area contributed by atoms with Gasteiger partial charge in [-0.25, -0.2) is 8.42 Å². The van der Waals surface area contributed by atoms with Crippen LogP contribution in [-0.4, -0.2) is 43.0 Å². The van der Waals surface area contributed by atoms with Crippen LogP contribution in [0.2, 0.25) is 0 Å². The molecule has 0 aliphatic carbocycles. The predicted molar refractivity (Wildman–Crippen MR) is 77.3 cm³/mol. The van der Waals surface area contributed by atoms with Crippen LogP contribution >= 0.6 is 0 Å². The lowest BCUT2D eigenvalue weighted by Gasteiger charge is -2.20. The molecule has 0 saturated carbocycles. The summed E-state index contributed by atoms with van der Waals surface area (Å²) in [5.74, 6) is -0.200. The van der Waals surface area contributed by atoms with Crippen LogP contribution < -0.4 is 5.32 Å². The number of rotatable bonds is 7. The normalized spacial score (nSPS) is 11.8. The minimum atomic E-state index is -3.34. The second-order valence-corrected chi connectivity index (χ2v) is 6.85. The predicted octanol–water partition coefficient (Wildman–Crippen LogP) is 0.615. The highest BCUT2D eigenvalue weighted by atomic mass is 32.2. The summed E-state index contributed by atoms with van der Waals surface area (Å²) in [6, 6.07) is 5.35. The van der Waals surface area contributed by atoms with Crippen LogP contribution in [0.25, 0.3) is 0 Å². The first-order valence-corrected chi connectivity index (χ1v) is 8.28. The zero-order chi connectivity index (χ0) is 15.2. The number of nitrogens with zero attached hydrogens (tertiary/aromatic N) is 2. The number of hydrogen-bond donors (Lipinski definition) is 1. The van der Waals surface area contributed by atoms with Crippen molar-refractivity contribution in [2.24, 2.45) is 5.92 Å². The van der Waals surface area contributed by atoms with E-state index in [1.807, 2.05) is 6.07 Å². The first-order chi connectivity index (χ1) is 9.30. The molecule has 1 amide bonds. The molecule has 7 heteroatoms. The Kier molecular flexibility index (Phi) is 6.09. The van der Waals surface area contributed by atoms with Crippen molar-refractivity contribution in [2.75, 3.05) is 19.3 Å². The summed E-state index contributed by atoms with van der Waals surface area (Å²) >= 11 is 0. The number of hydrogen-bond acceptors (Lipinski definition) is 4. The minimum absolute atomic E-state index is 0.0868. The summed E-state index contributed by atoms with van der Waals surface area (Å²) < 4.78 is 24.8. The fourth-order valence-electron chi connectivity index (χ4n) is 1.54. The van der Waals surface area contributed by atoms with Gasteiger partial charge in [0.05, 0.1) is 18.5 Å². The third-order valence-corrected chi connectivity index (χ3v) is 3.97. The molecule has 20 heavy (non-hydrogen) atoms. The van der Waals surface area contributed by atoms with Crippen molar-refractivity contribution in [3.8, 4) is 0 Å². The van der Waals surface area contributed by atoms with Crippen LogP contribution in [0.1, 0.15) is 19.5 Å². The first-order valence-electron chi connectivity index (χ1n) is 6.43. The molecule has 0 fully saturated rings. The average molecular weight is 299 g/mol. The second kappa shape index (κ2) is 7.35. The smallest absolute Gasteiger partial charge is 0.222 e. The molecule has 1 N–H and O–H groups in total. The zero-order valence-electron chi connectivity index (χ0n) is 12.0. The van der Waals surface area contributed by atoms with Gasteiger partial charge in [-0.2, -0.15) is 4.31 Å². The van der Waals surface area contributed by atoms with Crippen molar-refractivity contribution in [1.82, 2.24) is 14.6 Å². The van der Waals surface area contributed by atoms with Gasteiger partial charge in [-0.15, -0.1) is 0 Å². The van der Waals surface area contributed by atoms with Gasteiger partial charge in [-0.1, -0.05) is 19.9 Å². The second-order valence-electron chi connectivity index (χ2n) is 4.86. The summed E-state index contributed by atoms with van der Waals surface area (Å²) in [5.41, 5.74) is 0.674. The van der Waals surface area contributed by atoms with E-state index in [1.165, 1.54) is 4.31 Å².